The largest absolute Gasteiger partial charge is 0.354 e. The number of carbonyl (C=O) groups excluding carboxylic acids is 2. The number of nitrogens with one attached hydrogen (secondary N) is 1. The number of rotatable bonds is 11. The summed E-state index contributed by atoms with van der Waals surface area (Å²) in [7, 11) is -4.09. The van der Waals surface area contributed by atoms with Crippen LogP contribution in [0.5, 0.6) is 0 Å². The van der Waals surface area contributed by atoms with E-state index in [2.05, 4.69) is 5.32 Å². The third-order valence-electron chi connectivity index (χ3n) is 6.04. The van der Waals surface area contributed by atoms with Crippen molar-refractivity contribution in [2.75, 3.05) is 17.4 Å². The molecular weight excluding hydrogens is 510 g/mol. The van der Waals surface area contributed by atoms with Gasteiger partial charge in [-0.25, -0.2) is 8.42 Å². The number of halogens is 1. The highest BCUT2D eigenvalue weighted by atomic mass is 35.5. The minimum atomic E-state index is -4.09. The predicted octanol–water partition coefficient (Wildman–Crippen LogP) is 4.79. The van der Waals surface area contributed by atoms with E-state index in [4.69, 9.17) is 11.6 Å². The number of hydrogen-bond acceptors (Lipinski definition) is 4. The molecule has 1 atom stereocenters. The van der Waals surface area contributed by atoms with Crippen molar-refractivity contribution in [3.8, 4) is 0 Å². The Balaban J connectivity index is 2.01. The molecule has 3 rings (SSSR count). The van der Waals surface area contributed by atoms with Crippen LogP contribution in [0.4, 0.5) is 5.69 Å². The van der Waals surface area contributed by atoms with E-state index in [9.17, 15) is 18.0 Å². The SMILES string of the molecule is CCCNC(=O)C(C)N(Cc1ccccc1C)C(=O)CN(c1ccc(Cl)cc1)S(=O)(=O)c1ccccc1. The van der Waals surface area contributed by atoms with Gasteiger partial charge in [0.05, 0.1) is 10.6 Å². The number of amides is 2. The van der Waals surface area contributed by atoms with Crippen molar-refractivity contribution in [1.82, 2.24) is 10.2 Å². The van der Waals surface area contributed by atoms with Crippen LogP contribution in [0.1, 0.15) is 31.4 Å². The summed E-state index contributed by atoms with van der Waals surface area (Å²) in [5.74, 6) is -0.801. The van der Waals surface area contributed by atoms with Crippen LogP contribution in [0, 0.1) is 6.92 Å². The van der Waals surface area contributed by atoms with Gasteiger partial charge in [-0.3, -0.25) is 13.9 Å². The molecule has 2 amide bonds. The van der Waals surface area contributed by atoms with Gasteiger partial charge in [-0.05, 0) is 67.8 Å². The van der Waals surface area contributed by atoms with Crippen LogP contribution < -0.4 is 9.62 Å². The topological polar surface area (TPSA) is 86.8 Å². The molecule has 0 aliphatic heterocycles. The number of anilines is 1. The first-order chi connectivity index (χ1) is 17.6. The summed E-state index contributed by atoms with van der Waals surface area (Å²) in [5.41, 5.74) is 2.13. The quantitative estimate of drug-likeness (QED) is 0.378. The van der Waals surface area contributed by atoms with Crippen molar-refractivity contribution >= 4 is 39.1 Å². The van der Waals surface area contributed by atoms with Crippen molar-refractivity contribution < 1.29 is 18.0 Å². The van der Waals surface area contributed by atoms with Gasteiger partial charge in [0.25, 0.3) is 10.0 Å². The van der Waals surface area contributed by atoms with E-state index in [1.165, 1.54) is 17.0 Å². The molecule has 0 radical (unpaired) electrons. The first-order valence-electron chi connectivity index (χ1n) is 12.1. The molecule has 0 saturated heterocycles. The fourth-order valence-electron chi connectivity index (χ4n) is 3.81. The Kier molecular flexibility index (Phi) is 9.72. The molecule has 9 heteroatoms. The average Bonchev–Trinajstić information content (AvgIpc) is 2.90. The summed E-state index contributed by atoms with van der Waals surface area (Å²) in [5, 5.41) is 3.28. The molecule has 196 valence electrons. The first-order valence-corrected chi connectivity index (χ1v) is 13.9. The number of hydrogen-bond donors (Lipinski definition) is 1. The van der Waals surface area contributed by atoms with Gasteiger partial charge in [0, 0.05) is 18.1 Å². The summed E-state index contributed by atoms with van der Waals surface area (Å²) in [6.07, 6.45) is 0.754. The maximum absolute atomic E-state index is 13.8. The zero-order chi connectivity index (χ0) is 27.0. The van der Waals surface area contributed by atoms with Gasteiger partial charge in [0.1, 0.15) is 12.6 Å². The van der Waals surface area contributed by atoms with E-state index in [1.807, 2.05) is 38.1 Å². The van der Waals surface area contributed by atoms with Gasteiger partial charge in [-0.2, -0.15) is 0 Å². The molecule has 0 saturated carbocycles. The van der Waals surface area contributed by atoms with E-state index in [1.54, 1.807) is 49.4 Å². The molecule has 37 heavy (non-hydrogen) atoms. The van der Waals surface area contributed by atoms with Gasteiger partial charge in [-0.15, -0.1) is 0 Å². The van der Waals surface area contributed by atoms with Crippen LogP contribution in [-0.4, -0.2) is 44.3 Å². The lowest BCUT2D eigenvalue weighted by Gasteiger charge is -2.32. The van der Waals surface area contributed by atoms with Crippen LogP contribution in [0.2, 0.25) is 5.02 Å². The van der Waals surface area contributed by atoms with E-state index in [0.717, 1.165) is 21.9 Å². The van der Waals surface area contributed by atoms with Gasteiger partial charge in [0.2, 0.25) is 11.8 Å². The van der Waals surface area contributed by atoms with Crippen LogP contribution in [-0.2, 0) is 26.2 Å². The van der Waals surface area contributed by atoms with Gasteiger partial charge >= 0.3 is 0 Å². The lowest BCUT2D eigenvalue weighted by molar-refractivity contribution is -0.139. The summed E-state index contributed by atoms with van der Waals surface area (Å²) < 4.78 is 28.4. The monoisotopic (exact) mass is 541 g/mol. The summed E-state index contributed by atoms with van der Waals surface area (Å²) in [4.78, 5) is 28.2. The van der Waals surface area contributed by atoms with Crippen LogP contribution in [0.25, 0.3) is 0 Å². The number of aryl methyl sites for hydroxylation is 1. The maximum atomic E-state index is 13.8. The van der Waals surface area contributed by atoms with E-state index in [-0.39, 0.29) is 17.3 Å². The van der Waals surface area contributed by atoms with Gasteiger partial charge in [0.15, 0.2) is 0 Å². The zero-order valence-electron chi connectivity index (χ0n) is 21.2. The molecule has 0 aromatic heterocycles. The fourth-order valence-corrected chi connectivity index (χ4v) is 5.37. The number of benzene rings is 3. The predicted molar refractivity (Wildman–Crippen MR) is 147 cm³/mol. The molecular formula is C28H32ClN3O4S. The molecule has 0 bridgehead atoms. The number of sulfonamides is 1. The second-order valence-corrected chi connectivity index (χ2v) is 11.0. The zero-order valence-corrected chi connectivity index (χ0v) is 22.8. The smallest absolute Gasteiger partial charge is 0.264 e. The Morgan fingerprint density at radius 2 is 1.57 bits per heavy atom. The lowest BCUT2D eigenvalue weighted by Crippen LogP contribution is -2.51. The normalized spacial score (nSPS) is 12.0. The molecule has 3 aromatic rings. The Bertz CT molecular complexity index is 1310. The highest BCUT2D eigenvalue weighted by molar-refractivity contribution is 7.92. The fraction of sp³-hybridized carbons (Fsp3) is 0.286. The average molecular weight is 542 g/mol. The third kappa shape index (κ3) is 7.11. The second kappa shape index (κ2) is 12.7. The van der Waals surface area contributed by atoms with Crippen LogP contribution in [0.15, 0.2) is 83.8 Å². The Hall–Kier alpha value is -3.36. The summed E-state index contributed by atoms with van der Waals surface area (Å²) >= 11 is 6.04. The maximum Gasteiger partial charge on any atom is 0.264 e. The van der Waals surface area contributed by atoms with Crippen LogP contribution in [0.3, 0.4) is 0 Å². The van der Waals surface area contributed by atoms with Crippen molar-refractivity contribution in [3.63, 3.8) is 0 Å². The molecule has 0 aliphatic rings. The summed E-state index contributed by atoms with van der Waals surface area (Å²) in [6, 6.07) is 21.0. The number of carbonyl (C=O) groups is 2. The van der Waals surface area contributed by atoms with Gasteiger partial charge in [-0.1, -0.05) is 61.0 Å². The highest BCUT2D eigenvalue weighted by Crippen LogP contribution is 2.26. The Morgan fingerprint density at radius 1 is 0.946 bits per heavy atom. The molecule has 7 nitrogen and oxygen atoms in total. The third-order valence-corrected chi connectivity index (χ3v) is 8.08. The van der Waals surface area contributed by atoms with Gasteiger partial charge < -0.3 is 10.2 Å². The Labute approximate surface area is 224 Å². The van der Waals surface area contributed by atoms with Crippen LogP contribution >= 0.6 is 11.6 Å². The molecule has 0 fully saturated rings. The van der Waals surface area contributed by atoms with E-state index in [0.29, 0.717) is 17.3 Å². The highest BCUT2D eigenvalue weighted by Gasteiger charge is 2.32. The van der Waals surface area contributed by atoms with Crippen molar-refractivity contribution in [1.29, 1.82) is 0 Å². The van der Waals surface area contributed by atoms with E-state index < -0.39 is 28.5 Å². The summed E-state index contributed by atoms with van der Waals surface area (Å²) in [6.45, 7) is 5.68. The minimum Gasteiger partial charge on any atom is -0.354 e. The second-order valence-electron chi connectivity index (χ2n) is 8.72. The molecule has 1 unspecified atom stereocenters. The van der Waals surface area contributed by atoms with E-state index >= 15 is 0 Å². The number of nitrogens with zero attached hydrogens (tertiary/aromatic N) is 2. The molecule has 0 spiro atoms. The molecule has 0 aliphatic carbocycles. The van der Waals surface area contributed by atoms with Crippen molar-refractivity contribution in [2.24, 2.45) is 0 Å². The molecule has 3 aromatic carbocycles. The molecule has 0 heterocycles. The first kappa shape index (κ1) is 28.2. The van der Waals surface area contributed by atoms with Crippen molar-refractivity contribution in [3.05, 3.63) is 95.0 Å². The molecule has 1 N–H and O–H groups in total. The standard InChI is InChI=1S/C28H32ClN3O4S/c1-4-18-30-28(34)22(3)31(19-23-11-9-8-10-21(23)2)27(33)20-32(25-16-14-24(29)15-17-25)37(35,36)26-12-6-5-7-13-26/h5-17,22H,4,18-20H2,1-3H3,(H,30,34). The van der Waals surface area contributed by atoms with Crippen molar-refractivity contribution in [2.45, 2.75) is 44.7 Å². The minimum absolute atomic E-state index is 0.0527. The Morgan fingerprint density at radius 3 is 2.19 bits per heavy atom. The lowest BCUT2D eigenvalue weighted by atomic mass is 10.1.